The van der Waals surface area contributed by atoms with E-state index < -0.39 is 29.4 Å². The number of allylic oxidation sites excluding steroid dienone is 1. The number of alkyl halides is 3. The van der Waals surface area contributed by atoms with Crippen molar-refractivity contribution in [2.45, 2.75) is 65.3 Å². The van der Waals surface area contributed by atoms with Crippen LogP contribution in [0.15, 0.2) is 42.5 Å². The van der Waals surface area contributed by atoms with Gasteiger partial charge in [0.2, 0.25) is 5.60 Å². The van der Waals surface area contributed by atoms with Crippen LogP contribution in [-0.2, 0) is 4.79 Å². The van der Waals surface area contributed by atoms with Crippen molar-refractivity contribution >= 4 is 23.1 Å². The summed E-state index contributed by atoms with van der Waals surface area (Å²) in [5, 5.41) is 9.51. The maximum Gasteiger partial charge on any atom is 0.416 e. The molecule has 0 amide bonds. The van der Waals surface area contributed by atoms with Crippen molar-refractivity contribution < 1.29 is 42.0 Å². The second-order valence-corrected chi connectivity index (χ2v) is 8.36. The molecule has 0 spiro atoms. The highest BCUT2D eigenvalue weighted by molar-refractivity contribution is 6.32. The molecule has 3 rings (SSSR count). The Labute approximate surface area is 219 Å². The molecule has 1 N–H and O–H groups in total. The number of hydrogen-bond acceptors (Lipinski definition) is 5. The van der Waals surface area contributed by atoms with Crippen molar-refractivity contribution in [2.24, 2.45) is 0 Å². The maximum absolute atomic E-state index is 13.4. The highest BCUT2D eigenvalue weighted by atomic mass is 35.5. The zero-order chi connectivity index (χ0) is 27.8. The van der Waals surface area contributed by atoms with E-state index in [0.29, 0.717) is 24.3 Å². The molecule has 1 heterocycles. The second-order valence-electron chi connectivity index (χ2n) is 7.96. The molecule has 0 saturated heterocycles. The molecular formula is C27H32ClF3O6. The fourth-order valence-electron chi connectivity index (χ4n) is 3.64. The van der Waals surface area contributed by atoms with E-state index in [1.54, 1.807) is 38.1 Å². The molecule has 6 nitrogen and oxygen atoms in total. The van der Waals surface area contributed by atoms with Gasteiger partial charge in [-0.1, -0.05) is 39.3 Å². The molecule has 2 aromatic carbocycles. The molecule has 0 saturated carbocycles. The molecule has 1 atom stereocenters. The van der Waals surface area contributed by atoms with Crippen LogP contribution < -0.4 is 18.9 Å². The molecule has 1 aliphatic heterocycles. The van der Waals surface area contributed by atoms with E-state index >= 15 is 0 Å². The van der Waals surface area contributed by atoms with Crippen LogP contribution in [-0.4, -0.2) is 42.2 Å². The van der Waals surface area contributed by atoms with Crippen molar-refractivity contribution in [3.05, 3.63) is 53.1 Å². The fraction of sp³-hybridized carbons (Fsp3) is 0.444. The van der Waals surface area contributed by atoms with Crippen LogP contribution >= 0.6 is 11.6 Å². The molecule has 0 fully saturated rings. The van der Waals surface area contributed by atoms with Crippen LogP contribution in [0, 0.1) is 0 Å². The maximum atomic E-state index is 13.4. The van der Waals surface area contributed by atoms with Crippen LogP contribution in [0.25, 0.3) is 5.57 Å². The van der Waals surface area contributed by atoms with Crippen LogP contribution in [0.4, 0.5) is 13.2 Å². The third-order valence-corrected chi connectivity index (χ3v) is 5.92. The summed E-state index contributed by atoms with van der Waals surface area (Å²) >= 11 is 6.15. The summed E-state index contributed by atoms with van der Waals surface area (Å²) in [7, 11) is 0. The molecule has 37 heavy (non-hydrogen) atoms. The van der Waals surface area contributed by atoms with Crippen molar-refractivity contribution in [1.82, 2.24) is 0 Å². The number of carbonyl (C=O) groups is 1. The minimum absolute atomic E-state index is 0.0207. The number of hydrogen-bond donors (Lipinski definition) is 1. The molecule has 0 radical (unpaired) electrons. The monoisotopic (exact) mass is 544 g/mol. The summed E-state index contributed by atoms with van der Waals surface area (Å²) in [5.74, 6) is 0.106. The minimum Gasteiger partial charge on any atom is -0.490 e. The van der Waals surface area contributed by atoms with Crippen molar-refractivity contribution in [3.63, 3.8) is 0 Å². The lowest BCUT2D eigenvalue weighted by Gasteiger charge is -2.28. The Morgan fingerprint density at radius 1 is 1.03 bits per heavy atom. The smallest absolute Gasteiger partial charge is 0.416 e. The van der Waals surface area contributed by atoms with E-state index in [1.165, 1.54) is 19.1 Å². The van der Waals surface area contributed by atoms with Gasteiger partial charge in [-0.25, -0.2) is 4.79 Å². The highest BCUT2D eigenvalue weighted by Crippen LogP contribution is 2.45. The Balaban J connectivity index is 0.00000235. The molecule has 0 aliphatic carbocycles. The largest absolute Gasteiger partial charge is 0.490 e. The third-order valence-electron chi connectivity index (χ3n) is 5.62. The molecule has 0 aromatic heterocycles. The van der Waals surface area contributed by atoms with Gasteiger partial charge in [0.05, 0.1) is 10.6 Å². The molecule has 0 bridgehead atoms. The summed E-state index contributed by atoms with van der Waals surface area (Å²) in [6.45, 7) is 9.22. The average Bonchev–Trinajstić information content (AvgIpc) is 2.86. The Bertz CT molecular complexity index is 1080. The zero-order valence-corrected chi connectivity index (χ0v) is 22.2. The van der Waals surface area contributed by atoms with Gasteiger partial charge in [-0.15, -0.1) is 0 Å². The number of carboxylic acids is 1. The summed E-state index contributed by atoms with van der Waals surface area (Å²) in [6.07, 6.45) is -3.64. The first kappa shape index (κ1) is 30.2. The predicted octanol–water partition coefficient (Wildman–Crippen LogP) is 7.57. The number of benzene rings is 2. The van der Waals surface area contributed by atoms with Crippen LogP contribution in [0.2, 0.25) is 5.02 Å². The Hall–Kier alpha value is -3.07. The highest BCUT2D eigenvalue weighted by Gasteiger charge is 2.39. The predicted molar refractivity (Wildman–Crippen MR) is 136 cm³/mol. The summed E-state index contributed by atoms with van der Waals surface area (Å²) < 4.78 is 62.5. The van der Waals surface area contributed by atoms with Crippen LogP contribution in [0.1, 0.15) is 53.0 Å². The second kappa shape index (κ2) is 12.9. The van der Waals surface area contributed by atoms with E-state index in [-0.39, 0.29) is 35.3 Å². The van der Waals surface area contributed by atoms with Crippen LogP contribution in [0.5, 0.6) is 23.0 Å². The van der Waals surface area contributed by atoms with Gasteiger partial charge in [0, 0.05) is 11.6 Å². The lowest BCUT2D eigenvalue weighted by molar-refractivity contribution is -0.156. The Morgan fingerprint density at radius 3 is 2.14 bits per heavy atom. The molecule has 204 valence electrons. The minimum atomic E-state index is -4.53. The Kier molecular flexibility index (Phi) is 10.5. The molecule has 1 aliphatic rings. The first-order valence-corrected chi connectivity index (χ1v) is 12.4. The van der Waals surface area contributed by atoms with Crippen molar-refractivity contribution in [2.75, 3.05) is 13.2 Å². The number of fused-ring (bicyclic) bond motifs is 1. The van der Waals surface area contributed by atoms with E-state index in [4.69, 9.17) is 30.5 Å². The number of ether oxygens (including phenoxy) is 4. The van der Waals surface area contributed by atoms with Gasteiger partial charge in [-0.05, 0) is 56.2 Å². The number of aliphatic carboxylic acids is 1. The molecule has 10 heteroatoms. The quantitative estimate of drug-likeness (QED) is 0.311. The van der Waals surface area contributed by atoms with Crippen molar-refractivity contribution in [3.8, 4) is 23.0 Å². The van der Waals surface area contributed by atoms with Gasteiger partial charge in [0.25, 0.3) is 0 Å². The first-order chi connectivity index (χ1) is 17.5. The molecule has 2 aromatic rings. The SMILES string of the molecule is CC.CCC(CC)(Oc1ccc(OCCOc2cc3c(cc2Cl)C(C(F)(F)F)=CC(C)O3)cc1)C(=O)O. The lowest BCUT2D eigenvalue weighted by Crippen LogP contribution is -2.43. The van der Waals surface area contributed by atoms with E-state index in [9.17, 15) is 23.1 Å². The zero-order valence-electron chi connectivity index (χ0n) is 21.4. The standard InChI is InChI=1S/C25H26ClF3O6.C2H6/c1-4-24(5-2,23(30)31)35-17-8-6-16(7-9-17)32-10-11-33-22-14-21-18(13-20(22)26)19(25(27,28)29)12-15(3)34-21;1-2/h6-9,12-15H,4-5,10-11H2,1-3H3,(H,30,31);1-2H3. The van der Waals surface area contributed by atoms with E-state index in [2.05, 4.69) is 0 Å². The molecular weight excluding hydrogens is 513 g/mol. The van der Waals surface area contributed by atoms with Crippen molar-refractivity contribution in [1.29, 1.82) is 0 Å². The van der Waals surface area contributed by atoms with Gasteiger partial charge >= 0.3 is 12.1 Å². The van der Waals surface area contributed by atoms with Gasteiger partial charge in [0.1, 0.15) is 42.3 Å². The van der Waals surface area contributed by atoms with E-state index in [0.717, 1.165) is 6.08 Å². The molecule has 1 unspecified atom stereocenters. The van der Waals surface area contributed by atoms with E-state index in [1.807, 2.05) is 13.8 Å². The van der Waals surface area contributed by atoms with Gasteiger partial charge in [-0.2, -0.15) is 13.2 Å². The van der Waals surface area contributed by atoms with Gasteiger partial charge in [0.15, 0.2) is 0 Å². The summed E-state index contributed by atoms with van der Waals surface area (Å²) in [5.41, 5.74) is -2.22. The topological polar surface area (TPSA) is 74.2 Å². The summed E-state index contributed by atoms with van der Waals surface area (Å²) in [4.78, 5) is 11.6. The number of carboxylic acid groups (broad SMARTS) is 1. The van der Waals surface area contributed by atoms with Gasteiger partial charge in [-0.3, -0.25) is 0 Å². The normalized spacial score (nSPS) is 14.8. The number of halogens is 4. The number of rotatable bonds is 10. The average molecular weight is 545 g/mol. The lowest BCUT2D eigenvalue weighted by atomic mass is 9.97. The summed E-state index contributed by atoms with van der Waals surface area (Å²) in [6, 6.07) is 9.03. The fourth-order valence-corrected chi connectivity index (χ4v) is 3.86. The van der Waals surface area contributed by atoms with Gasteiger partial charge < -0.3 is 24.1 Å². The Morgan fingerprint density at radius 2 is 1.59 bits per heavy atom. The third kappa shape index (κ3) is 7.47. The first-order valence-electron chi connectivity index (χ1n) is 12.1. The van der Waals surface area contributed by atoms with Crippen LogP contribution in [0.3, 0.4) is 0 Å².